The molecule has 0 saturated carbocycles. The lowest BCUT2D eigenvalue weighted by atomic mass is 10.2. The number of sulfone groups is 2. The minimum atomic E-state index is -3.76. The van der Waals surface area contributed by atoms with Crippen LogP contribution in [0, 0.1) is 5.75 Å². The Labute approximate surface area is 130 Å². The minimum absolute atomic E-state index is 0.00279. The fourth-order valence-corrected chi connectivity index (χ4v) is 3.85. The van der Waals surface area contributed by atoms with E-state index in [0.29, 0.717) is 5.56 Å². The van der Waals surface area contributed by atoms with Gasteiger partial charge < -0.3 is 4.74 Å². The van der Waals surface area contributed by atoms with Crippen molar-refractivity contribution in [3.63, 3.8) is 0 Å². The maximum atomic E-state index is 12.5. The topological polar surface area (TPSA) is 77.5 Å². The van der Waals surface area contributed by atoms with Crippen LogP contribution in [0.4, 0.5) is 0 Å². The summed E-state index contributed by atoms with van der Waals surface area (Å²) in [6.07, 6.45) is 1.05. The SMILES string of the molecule is COc1cc(S(C)(=O)=O)ccc1S(=O)(=O)[CH]c1ccccc1. The van der Waals surface area contributed by atoms with Crippen LogP contribution in [0.3, 0.4) is 0 Å². The second kappa shape index (κ2) is 6.10. The lowest BCUT2D eigenvalue weighted by Crippen LogP contribution is -2.06. The molecule has 0 N–H and O–H groups in total. The molecule has 0 heterocycles. The third kappa shape index (κ3) is 3.66. The number of rotatable bonds is 5. The molecule has 0 aliphatic heterocycles. The minimum Gasteiger partial charge on any atom is -0.495 e. The van der Waals surface area contributed by atoms with Crippen molar-refractivity contribution in [2.45, 2.75) is 9.79 Å². The second-order valence-corrected chi connectivity index (χ2v) is 8.44. The van der Waals surface area contributed by atoms with Crippen LogP contribution in [0.5, 0.6) is 5.75 Å². The van der Waals surface area contributed by atoms with E-state index in [1.165, 1.54) is 25.3 Å². The molecule has 22 heavy (non-hydrogen) atoms. The molecule has 0 saturated heterocycles. The Kier molecular flexibility index (Phi) is 4.58. The summed E-state index contributed by atoms with van der Waals surface area (Å²) in [6.45, 7) is 0. The van der Waals surface area contributed by atoms with Crippen LogP contribution in [0.2, 0.25) is 0 Å². The van der Waals surface area contributed by atoms with Crippen LogP contribution in [-0.4, -0.2) is 30.2 Å². The first-order valence-electron chi connectivity index (χ1n) is 6.27. The molecule has 2 rings (SSSR count). The van der Waals surface area contributed by atoms with Crippen LogP contribution in [0.25, 0.3) is 0 Å². The molecule has 5 nitrogen and oxygen atoms in total. The molecule has 0 atom stereocenters. The van der Waals surface area contributed by atoms with E-state index in [2.05, 4.69) is 0 Å². The average molecular weight is 339 g/mol. The third-order valence-corrected chi connectivity index (χ3v) is 5.60. The monoisotopic (exact) mass is 339 g/mol. The van der Waals surface area contributed by atoms with Crippen molar-refractivity contribution < 1.29 is 21.6 Å². The number of ether oxygens (including phenoxy) is 1. The maximum Gasteiger partial charge on any atom is 0.190 e. The van der Waals surface area contributed by atoms with Gasteiger partial charge in [-0.3, -0.25) is 0 Å². The van der Waals surface area contributed by atoms with Crippen molar-refractivity contribution in [1.82, 2.24) is 0 Å². The van der Waals surface area contributed by atoms with Crippen molar-refractivity contribution in [1.29, 1.82) is 0 Å². The molecule has 0 fully saturated rings. The molecule has 2 aromatic carbocycles. The van der Waals surface area contributed by atoms with Gasteiger partial charge in [0.25, 0.3) is 0 Å². The van der Waals surface area contributed by atoms with Crippen LogP contribution >= 0.6 is 0 Å². The lowest BCUT2D eigenvalue weighted by Gasteiger charge is -2.11. The Hall–Kier alpha value is -1.86. The highest BCUT2D eigenvalue weighted by Crippen LogP contribution is 2.30. The van der Waals surface area contributed by atoms with Gasteiger partial charge in [0.2, 0.25) is 0 Å². The van der Waals surface area contributed by atoms with Gasteiger partial charge in [-0.1, -0.05) is 30.3 Å². The first-order chi connectivity index (χ1) is 10.2. The van der Waals surface area contributed by atoms with Gasteiger partial charge >= 0.3 is 0 Å². The highest BCUT2D eigenvalue weighted by atomic mass is 32.2. The molecule has 2 aromatic rings. The average Bonchev–Trinajstić information content (AvgIpc) is 2.46. The molecular formula is C15H15O5S2. The number of hydrogen-bond donors (Lipinski definition) is 0. The van der Waals surface area contributed by atoms with Crippen molar-refractivity contribution in [2.75, 3.05) is 13.4 Å². The summed E-state index contributed by atoms with van der Waals surface area (Å²) in [5, 5.41) is 0. The van der Waals surface area contributed by atoms with E-state index in [0.717, 1.165) is 12.0 Å². The van der Waals surface area contributed by atoms with Gasteiger partial charge in [-0.25, -0.2) is 16.8 Å². The van der Waals surface area contributed by atoms with Gasteiger partial charge in [0.15, 0.2) is 19.7 Å². The summed E-state index contributed by atoms with van der Waals surface area (Å²) in [5.74, 6) is 1.11. The lowest BCUT2D eigenvalue weighted by molar-refractivity contribution is 0.401. The zero-order valence-corrected chi connectivity index (χ0v) is 13.7. The molecule has 117 valence electrons. The van der Waals surface area contributed by atoms with Crippen molar-refractivity contribution >= 4 is 19.7 Å². The summed E-state index contributed by atoms with van der Waals surface area (Å²) >= 11 is 0. The van der Waals surface area contributed by atoms with Gasteiger partial charge in [-0.05, 0) is 17.7 Å². The molecule has 1 radical (unpaired) electrons. The van der Waals surface area contributed by atoms with Crippen molar-refractivity contribution in [3.05, 3.63) is 59.8 Å². The quantitative estimate of drug-likeness (QED) is 0.833. The zero-order valence-electron chi connectivity index (χ0n) is 12.1. The molecule has 0 spiro atoms. The van der Waals surface area contributed by atoms with Gasteiger partial charge in [0.1, 0.15) is 16.4 Å². The van der Waals surface area contributed by atoms with Crippen molar-refractivity contribution in [2.24, 2.45) is 0 Å². The van der Waals surface area contributed by atoms with E-state index >= 15 is 0 Å². The first kappa shape index (κ1) is 16.5. The predicted octanol–water partition coefficient (Wildman–Crippen LogP) is 2.08. The van der Waals surface area contributed by atoms with E-state index in [9.17, 15) is 16.8 Å². The van der Waals surface area contributed by atoms with Crippen LogP contribution in [0.1, 0.15) is 5.56 Å². The molecule has 0 aliphatic rings. The van der Waals surface area contributed by atoms with Gasteiger partial charge in [-0.2, -0.15) is 0 Å². The van der Waals surface area contributed by atoms with Gasteiger partial charge in [0, 0.05) is 12.3 Å². The highest BCUT2D eigenvalue weighted by Gasteiger charge is 2.22. The van der Waals surface area contributed by atoms with E-state index in [-0.39, 0.29) is 15.5 Å². The van der Waals surface area contributed by atoms with Crippen molar-refractivity contribution in [3.8, 4) is 5.75 Å². The summed E-state index contributed by atoms with van der Waals surface area (Å²) in [4.78, 5) is -0.0748. The van der Waals surface area contributed by atoms with E-state index in [1.54, 1.807) is 30.3 Å². The molecule has 7 heteroatoms. The fourth-order valence-electron chi connectivity index (χ4n) is 1.89. The van der Waals surface area contributed by atoms with E-state index in [4.69, 9.17) is 4.74 Å². The first-order valence-corrected chi connectivity index (χ1v) is 9.71. The predicted molar refractivity (Wildman–Crippen MR) is 83.1 cm³/mol. The fraction of sp³-hybridized carbons (Fsp3) is 0.133. The number of methoxy groups -OCH3 is 1. The number of benzene rings is 2. The van der Waals surface area contributed by atoms with Crippen LogP contribution < -0.4 is 4.74 Å². The Morgan fingerprint density at radius 1 is 0.955 bits per heavy atom. The summed E-state index contributed by atoms with van der Waals surface area (Å²) in [5.41, 5.74) is 0.525. The smallest absolute Gasteiger partial charge is 0.190 e. The second-order valence-electron chi connectivity index (χ2n) is 4.66. The number of hydrogen-bond acceptors (Lipinski definition) is 5. The standard InChI is InChI=1S/C15H15O5S2/c1-20-14-10-13(21(2,16)17)8-9-15(14)22(18,19)11-12-6-4-3-5-7-12/h3-11H,1-2H3. The summed E-state index contributed by atoms with van der Waals surface area (Å²) in [7, 11) is -5.91. The molecule has 0 amide bonds. The molecule has 0 aliphatic carbocycles. The van der Waals surface area contributed by atoms with E-state index in [1.807, 2.05) is 0 Å². The Bertz CT molecular complexity index is 869. The normalized spacial score (nSPS) is 12.1. The van der Waals surface area contributed by atoms with Gasteiger partial charge in [-0.15, -0.1) is 0 Å². The molecule has 0 unspecified atom stereocenters. The molecular weight excluding hydrogens is 324 g/mol. The Balaban J connectivity index is 2.47. The molecule has 0 bridgehead atoms. The van der Waals surface area contributed by atoms with Gasteiger partial charge in [0.05, 0.1) is 12.0 Å². The summed E-state index contributed by atoms with van der Waals surface area (Å²) in [6, 6.07) is 12.3. The third-order valence-electron chi connectivity index (χ3n) is 2.96. The maximum absolute atomic E-state index is 12.5. The van der Waals surface area contributed by atoms with Crippen LogP contribution in [-0.2, 0) is 19.7 Å². The summed E-state index contributed by atoms with van der Waals surface area (Å²) < 4.78 is 53.0. The highest BCUT2D eigenvalue weighted by molar-refractivity contribution is 7.93. The molecule has 0 aromatic heterocycles. The Morgan fingerprint density at radius 2 is 1.59 bits per heavy atom. The largest absolute Gasteiger partial charge is 0.495 e. The zero-order chi connectivity index (χ0) is 16.4. The van der Waals surface area contributed by atoms with E-state index < -0.39 is 19.7 Å². The van der Waals surface area contributed by atoms with Crippen LogP contribution in [0.15, 0.2) is 58.3 Å². The Morgan fingerprint density at radius 3 is 2.14 bits per heavy atom.